The summed E-state index contributed by atoms with van der Waals surface area (Å²) in [4.78, 5) is 30.1. The first kappa shape index (κ1) is 22.4. The largest absolute Gasteiger partial charge is 0.339 e. The van der Waals surface area contributed by atoms with Crippen LogP contribution in [-0.4, -0.2) is 50.7 Å². The molecule has 0 fully saturated rings. The van der Waals surface area contributed by atoms with Crippen molar-refractivity contribution >= 4 is 39.1 Å². The van der Waals surface area contributed by atoms with Crippen LogP contribution in [0, 0.1) is 0 Å². The van der Waals surface area contributed by atoms with Crippen LogP contribution in [0.3, 0.4) is 0 Å². The molecular weight excluding hydrogens is 420 g/mol. The minimum absolute atomic E-state index is 0.0466. The average Bonchev–Trinajstić information content (AvgIpc) is 2.75. The van der Waals surface area contributed by atoms with Gasteiger partial charge in [-0.2, -0.15) is 0 Å². The Morgan fingerprint density at radius 1 is 1.10 bits per heavy atom. The molecule has 1 aliphatic heterocycles. The van der Waals surface area contributed by atoms with Gasteiger partial charge in [-0.25, -0.2) is 8.42 Å². The van der Waals surface area contributed by atoms with E-state index in [1.54, 1.807) is 52.9 Å². The quantitative estimate of drug-likeness (QED) is 0.679. The molecule has 2 amide bonds. The number of nitrogens with zero attached hydrogens (tertiary/aromatic N) is 2. The van der Waals surface area contributed by atoms with Crippen molar-refractivity contribution in [3.8, 4) is 0 Å². The molecule has 0 saturated heterocycles. The number of sulfone groups is 1. The van der Waals surface area contributed by atoms with Gasteiger partial charge in [-0.1, -0.05) is 24.3 Å². The number of amides is 2. The van der Waals surface area contributed by atoms with E-state index < -0.39 is 9.84 Å². The van der Waals surface area contributed by atoms with E-state index in [0.29, 0.717) is 6.54 Å². The van der Waals surface area contributed by atoms with Gasteiger partial charge in [0.1, 0.15) is 0 Å². The first-order chi connectivity index (χ1) is 14.2. The summed E-state index contributed by atoms with van der Waals surface area (Å²) in [5, 5.41) is 0. The molecule has 0 saturated carbocycles. The Bertz CT molecular complexity index is 1040. The summed E-state index contributed by atoms with van der Waals surface area (Å²) in [7, 11) is -1.55. The lowest BCUT2D eigenvalue weighted by Crippen LogP contribution is -2.36. The highest BCUT2D eigenvalue weighted by molar-refractivity contribution is 7.99. The molecule has 1 atom stereocenters. The highest BCUT2D eigenvalue weighted by Gasteiger charge is 2.24. The van der Waals surface area contributed by atoms with Crippen molar-refractivity contribution in [2.75, 3.05) is 30.5 Å². The standard InChI is InChI=1S/C22H26N2O4S2/c1-16(17-8-10-18(11-9-17)30(3,27)28)23(2)21(25)12-13-22(26)24-14-15-29-20-7-5-4-6-19(20)24/h4-11,16H,12-15H2,1-3H3. The van der Waals surface area contributed by atoms with Gasteiger partial charge < -0.3 is 9.80 Å². The molecule has 6 nitrogen and oxygen atoms in total. The SMILES string of the molecule is CC(c1ccc(S(C)(=O)=O)cc1)N(C)C(=O)CCC(=O)N1CCSc2ccccc21. The number of fused-ring (bicyclic) bond motifs is 1. The number of carbonyl (C=O) groups is 2. The van der Waals surface area contributed by atoms with Crippen LogP contribution in [0.4, 0.5) is 5.69 Å². The number of hydrogen-bond donors (Lipinski definition) is 0. The Morgan fingerprint density at radius 3 is 2.43 bits per heavy atom. The van der Waals surface area contributed by atoms with E-state index in [0.717, 1.165) is 28.2 Å². The summed E-state index contributed by atoms with van der Waals surface area (Å²) in [5.74, 6) is 0.675. The molecule has 8 heteroatoms. The molecule has 30 heavy (non-hydrogen) atoms. The van der Waals surface area contributed by atoms with E-state index in [-0.39, 0.29) is 35.6 Å². The number of thioether (sulfide) groups is 1. The highest BCUT2D eigenvalue weighted by Crippen LogP contribution is 2.34. The van der Waals surface area contributed by atoms with Crippen LogP contribution in [0.15, 0.2) is 58.3 Å². The van der Waals surface area contributed by atoms with Gasteiger partial charge >= 0.3 is 0 Å². The van der Waals surface area contributed by atoms with E-state index in [1.807, 2.05) is 31.2 Å². The molecule has 3 rings (SSSR count). The second-order valence-corrected chi connectivity index (χ2v) is 10.5. The van der Waals surface area contributed by atoms with Crippen molar-refractivity contribution in [3.63, 3.8) is 0 Å². The molecule has 0 bridgehead atoms. The summed E-state index contributed by atoms with van der Waals surface area (Å²) >= 11 is 1.74. The topological polar surface area (TPSA) is 74.8 Å². The first-order valence-corrected chi connectivity index (χ1v) is 12.6. The van der Waals surface area contributed by atoms with Crippen molar-refractivity contribution in [3.05, 3.63) is 54.1 Å². The molecule has 1 unspecified atom stereocenters. The van der Waals surface area contributed by atoms with Gasteiger partial charge in [-0.15, -0.1) is 11.8 Å². The van der Waals surface area contributed by atoms with E-state index in [9.17, 15) is 18.0 Å². The summed E-state index contributed by atoms with van der Waals surface area (Å²) in [6, 6.07) is 14.1. The van der Waals surface area contributed by atoms with Crippen molar-refractivity contribution in [2.24, 2.45) is 0 Å². The number of rotatable bonds is 6. The number of anilines is 1. The number of hydrogen-bond acceptors (Lipinski definition) is 5. The molecular formula is C22H26N2O4S2. The first-order valence-electron chi connectivity index (χ1n) is 9.76. The summed E-state index contributed by atoms with van der Waals surface area (Å²) in [6.45, 7) is 2.53. The van der Waals surface area contributed by atoms with E-state index in [4.69, 9.17) is 0 Å². The van der Waals surface area contributed by atoms with Gasteiger partial charge in [-0.3, -0.25) is 9.59 Å². The zero-order valence-corrected chi connectivity index (χ0v) is 19.0. The smallest absolute Gasteiger partial charge is 0.227 e. The Hall–Kier alpha value is -2.32. The van der Waals surface area contributed by atoms with E-state index in [2.05, 4.69) is 0 Å². The third-order valence-corrected chi connectivity index (χ3v) is 7.52. The molecule has 2 aromatic carbocycles. The van der Waals surface area contributed by atoms with Gasteiger partial charge in [-0.05, 0) is 36.8 Å². The van der Waals surface area contributed by atoms with Crippen LogP contribution in [0.5, 0.6) is 0 Å². The van der Waals surface area contributed by atoms with E-state index in [1.165, 1.54) is 0 Å². The maximum atomic E-state index is 12.7. The normalized spacial score (nSPS) is 14.7. The van der Waals surface area contributed by atoms with Crippen LogP contribution in [0.2, 0.25) is 0 Å². The van der Waals surface area contributed by atoms with E-state index >= 15 is 0 Å². The van der Waals surface area contributed by atoms with Crippen LogP contribution in [-0.2, 0) is 19.4 Å². The summed E-state index contributed by atoms with van der Waals surface area (Å²) < 4.78 is 23.2. The molecule has 1 aliphatic rings. The lowest BCUT2D eigenvalue weighted by Gasteiger charge is -2.29. The predicted octanol–water partition coefficient (Wildman–Crippen LogP) is 3.53. The molecule has 0 aliphatic carbocycles. The van der Waals surface area contributed by atoms with Crippen LogP contribution in [0.25, 0.3) is 0 Å². The molecule has 0 aromatic heterocycles. The van der Waals surface area contributed by atoms with Gasteiger partial charge in [0.2, 0.25) is 11.8 Å². The summed E-state index contributed by atoms with van der Waals surface area (Å²) in [5.41, 5.74) is 1.76. The third-order valence-electron chi connectivity index (χ3n) is 5.35. The van der Waals surface area contributed by atoms with Gasteiger partial charge in [0.25, 0.3) is 0 Å². The number of benzene rings is 2. The molecule has 2 aromatic rings. The fourth-order valence-electron chi connectivity index (χ4n) is 3.39. The molecule has 1 heterocycles. The zero-order valence-electron chi connectivity index (χ0n) is 17.4. The van der Waals surface area contributed by atoms with Crippen LogP contribution in [0.1, 0.15) is 31.4 Å². The van der Waals surface area contributed by atoms with Crippen molar-refractivity contribution < 1.29 is 18.0 Å². The Kier molecular flexibility index (Phi) is 6.88. The molecule has 0 spiro atoms. The lowest BCUT2D eigenvalue weighted by molar-refractivity contribution is -0.133. The minimum atomic E-state index is -3.26. The van der Waals surface area contributed by atoms with Crippen LogP contribution < -0.4 is 4.90 Å². The second-order valence-electron chi connectivity index (χ2n) is 7.38. The average molecular weight is 447 g/mol. The maximum absolute atomic E-state index is 12.7. The van der Waals surface area contributed by atoms with Crippen molar-refractivity contribution in [2.45, 2.75) is 35.6 Å². The minimum Gasteiger partial charge on any atom is -0.339 e. The molecule has 160 valence electrons. The Labute approximate surface area is 182 Å². The number of para-hydroxylation sites is 1. The lowest BCUT2D eigenvalue weighted by atomic mass is 10.1. The number of carbonyl (C=O) groups excluding carboxylic acids is 2. The zero-order chi connectivity index (χ0) is 21.9. The van der Waals surface area contributed by atoms with Crippen molar-refractivity contribution in [1.82, 2.24) is 4.90 Å². The second kappa shape index (κ2) is 9.22. The highest BCUT2D eigenvalue weighted by atomic mass is 32.2. The molecule has 0 N–H and O–H groups in total. The Morgan fingerprint density at radius 2 is 1.77 bits per heavy atom. The van der Waals surface area contributed by atoms with Crippen molar-refractivity contribution in [1.29, 1.82) is 0 Å². The fourth-order valence-corrected chi connectivity index (χ4v) is 5.01. The van der Waals surface area contributed by atoms with Crippen LogP contribution >= 0.6 is 11.8 Å². The van der Waals surface area contributed by atoms with Gasteiger partial charge in [0, 0.05) is 43.3 Å². The monoisotopic (exact) mass is 446 g/mol. The third kappa shape index (κ3) is 5.05. The molecule has 0 radical (unpaired) electrons. The fraction of sp³-hybridized carbons (Fsp3) is 0.364. The summed E-state index contributed by atoms with van der Waals surface area (Å²) in [6.07, 6.45) is 1.45. The Balaban J connectivity index is 1.60. The predicted molar refractivity (Wildman–Crippen MR) is 119 cm³/mol. The van der Waals surface area contributed by atoms with Gasteiger partial charge in [0.05, 0.1) is 16.6 Å². The van der Waals surface area contributed by atoms with Gasteiger partial charge in [0.15, 0.2) is 9.84 Å². The maximum Gasteiger partial charge on any atom is 0.227 e.